The molecule has 1 aromatic carbocycles. The van der Waals surface area contributed by atoms with Gasteiger partial charge >= 0.3 is 0 Å². The fourth-order valence-corrected chi connectivity index (χ4v) is 3.62. The van der Waals surface area contributed by atoms with Crippen molar-refractivity contribution in [1.29, 1.82) is 0 Å². The lowest BCUT2D eigenvalue weighted by molar-refractivity contribution is -0.121. The number of hydrogen-bond donors (Lipinski definition) is 1. The summed E-state index contributed by atoms with van der Waals surface area (Å²) in [6.45, 7) is 7.70. The van der Waals surface area contributed by atoms with Gasteiger partial charge in [0.2, 0.25) is 15.9 Å². The van der Waals surface area contributed by atoms with Gasteiger partial charge in [-0.15, -0.1) is 0 Å². The van der Waals surface area contributed by atoms with Crippen molar-refractivity contribution >= 4 is 15.9 Å². The molecule has 0 aromatic heterocycles. The first-order valence-electron chi connectivity index (χ1n) is 7.67. The van der Waals surface area contributed by atoms with Crippen LogP contribution in [0.25, 0.3) is 0 Å². The molecule has 0 bridgehead atoms. The first kappa shape index (κ1) is 18.6. The van der Waals surface area contributed by atoms with E-state index in [4.69, 9.17) is 0 Å². The summed E-state index contributed by atoms with van der Waals surface area (Å²) < 4.78 is 26.3. The molecule has 1 aromatic rings. The van der Waals surface area contributed by atoms with Crippen molar-refractivity contribution in [2.24, 2.45) is 0 Å². The SMILES string of the molecule is CCC[C@H](C)NC(=O)CN(CC)S(=O)(=O)c1ccc(C)cc1. The van der Waals surface area contributed by atoms with Crippen LogP contribution >= 0.6 is 0 Å². The number of aryl methyl sites for hydroxylation is 1. The monoisotopic (exact) mass is 326 g/mol. The van der Waals surface area contributed by atoms with Gasteiger partial charge in [0.25, 0.3) is 0 Å². The largest absolute Gasteiger partial charge is 0.353 e. The molecule has 0 saturated carbocycles. The summed E-state index contributed by atoms with van der Waals surface area (Å²) in [7, 11) is -3.64. The van der Waals surface area contributed by atoms with Gasteiger partial charge in [-0.1, -0.05) is 38.0 Å². The lowest BCUT2D eigenvalue weighted by Gasteiger charge is -2.21. The summed E-state index contributed by atoms with van der Waals surface area (Å²) >= 11 is 0. The van der Waals surface area contributed by atoms with E-state index < -0.39 is 10.0 Å². The highest BCUT2D eigenvalue weighted by atomic mass is 32.2. The highest BCUT2D eigenvalue weighted by Gasteiger charge is 2.25. The Morgan fingerprint density at radius 2 is 1.82 bits per heavy atom. The molecule has 124 valence electrons. The van der Waals surface area contributed by atoms with Crippen molar-refractivity contribution < 1.29 is 13.2 Å². The molecule has 0 aliphatic heterocycles. The summed E-state index contributed by atoms with van der Waals surface area (Å²) in [5, 5.41) is 2.83. The third-order valence-corrected chi connectivity index (χ3v) is 5.40. The fourth-order valence-electron chi connectivity index (χ4n) is 2.21. The Bertz CT molecular complexity index is 582. The zero-order valence-electron chi connectivity index (χ0n) is 13.8. The number of nitrogens with zero attached hydrogens (tertiary/aromatic N) is 1. The molecular formula is C16H26N2O3S. The quantitative estimate of drug-likeness (QED) is 0.797. The first-order chi connectivity index (χ1) is 10.3. The number of benzene rings is 1. The van der Waals surface area contributed by atoms with Crippen LogP contribution in [-0.2, 0) is 14.8 Å². The lowest BCUT2D eigenvalue weighted by Crippen LogP contribution is -2.43. The molecule has 0 spiro atoms. The molecule has 1 atom stereocenters. The minimum absolute atomic E-state index is 0.0540. The Morgan fingerprint density at radius 3 is 2.32 bits per heavy atom. The van der Waals surface area contributed by atoms with Gasteiger partial charge < -0.3 is 5.32 Å². The van der Waals surface area contributed by atoms with Gasteiger partial charge in [0, 0.05) is 12.6 Å². The summed E-state index contributed by atoms with van der Waals surface area (Å²) in [6, 6.07) is 6.71. The highest BCUT2D eigenvalue weighted by Crippen LogP contribution is 2.16. The number of sulfonamides is 1. The zero-order valence-corrected chi connectivity index (χ0v) is 14.6. The Kier molecular flexibility index (Phi) is 7.03. The van der Waals surface area contributed by atoms with E-state index in [9.17, 15) is 13.2 Å². The van der Waals surface area contributed by atoms with E-state index in [0.717, 1.165) is 18.4 Å². The molecule has 0 saturated heterocycles. The van der Waals surface area contributed by atoms with Crippen LogP contribution in [-0.4, -0.2) is 37.8 Å². The maximum absolute atomic E-state index is 12.6. The Labute approximate surface area is 133 Å². The van der Waals surface area contributed by atoms with Gasteiger partial charge in [-0.2, -0.15) is 4.31 Å². The smallest absolute Gasteiger partial charge is 0.243 e. The second-order valence-corrected chi connectivity index (χ2v) is 7.44. The van der Waals surface area contributed by atoms with Crippen molar-refractivity contribution in [3.8, 4) is 0 Å². The average Bonchev–Trinajstić information content (AvgIpc) is 2.45. The van der Waals surface area contributed by atoms with Gasteiger partial charge in [0.1, 0.15) is 0 Å². The zero-order chi connectivity index (χ0) is 16.8. The van der Waals surface area contributed by atoms with E-state index in [2.05, 4.69) is 5.32 Å². The van der Waals surface area contributed by atoms with Crippen molar-refractivity contribution in [3.05, 3.63) is 29.8 Å². The van der Waals surface area contributed by atoms with E-state index in [0.29, 0.717) is 0 Å². The predicted molar refractivity (Wildman–Crippen MR) is 88.1 cm³/mol. The first-order valence-corrected chi connectivity index (χ1v) is 9.11. The minimum atomic E-state index is -3.64. The third-order valence-electron chi connectivity index (χ3n) is 3.46. The van der Waals surface area contributed by atoms with E-state index >= 15 is 0 Å². The fraction of sp³-hybridized carbons (Fsp3) is 0.562. The van der Waals surface area contributed by atoms with Crippen LogP contribution in [0.1, 0.15) is 39.2 Å². The Morgan fingerprint density at radius 1 is 1.23 bits per heavy atom. The molecule has 1 rings (SSSR count). The molecule has 0 unspecified atom stereocenters. The van der Waals surface area contributed by atoms with Gasteiger partial charge in [-0.25, -0.2) is 8.42 Å². The van der Waals surface area contributed by atoms with Gasteiger partial charge in [0.05, 0.1) is 11.4 Å². The van der Waals surface area contributed by atoms with Crippen LogP contribution in [0.5, 0.6) is 0 Å². The van der Waals surface area contributed by atoms with Crippen molar-refractivity contribution in [2.45, 2.75) is 51.5 Å². The maximum atomic E-state index is 12.6. The number of likely N-dealkylation sites (N-methyl/N-ethyl adjacent to an activating group) is 1. The van der Waals surface area contributed by atoms with Crippen molar-refractivity contribution in [2.75, 3.05) is 13.1 Å². The summed E-state index contributed by atoms with van der Waals surface area (Å²) in [5.74, 6) is -0.265. The van der Waals surface area contributed by atoms with Crippen LogP contribution < -0.4 is 5.32 Å². The van der Waals surface area contributed by atoms with Gasteiger partial charge in [0.15, 0.2) is 0 Å². The normalized spacial score (nSPS) is 13.1. The summed E-state index contributed by atoms with van der Waals surface area (Å²) in [4.78, 5) is 12.2. The highest BCUT2D eigenvalue weighted by molar-refractivity contribution is 7.89. The molecule has 0 heterocycles. The van der Waals surface area contributed by atoms with Crippen molar-refractivity contribution in [1.82, 2.24) is 9.62 Å². The topological polar surface area (TPSA) is 66.5 Å². The minimum Gasteiger partial charge on any atom is -0.353 e. The number of carbonyl (C=O) groups excluding carboxylic acids is 1. The molecule has 22 heavy (non-hydrogen) atoms. The second kappa shape index (κ2) is 8.29. The van der Waals surface area contributed by atoms with E-state index in [1.165, 1.54) is 4.31 Å². The predicted octanol–water partition coefficient (Wildman–Crippen LogP) is 2.31. The number of amides is 1. The van der Waals surface area contributed by atoms with E-state index in [-0.39, 0.29) is 29.9 Å². The Balaban J connectivity index is 2.82. The maximum Gasteiger partial charge on any atom is 0.243 e. The number of hydrogen-bond acceptors (Lipinski definition) is 3. The Hall–Kier alpha value is -1.40. The molecule has 0 radical (unpaired) electrons. The average molecular weight is 326 g/mol. The van der Waals surface area contributed by atoms with Crippen LogP contribution in [0.2, 0.25) is 0 Å². The number of nitrogens with one attached hydrogen (secondary N) is 1. The van der Waals surface area contributed by atoms with Crippen LogP contribution in [0.3, 0.4) is 0 Å². The van der Waals surface area contributed by atoms with E-state index in [1.54, 1.807) is 31.2 Å². The molecule has 0 aliphatic carbocycles. The molecule has 5 nitrogen and oxygen atoms in total. The van der Waals surface area contributed by atoms with Crippen LogP contribution in [0.4, 0.5) is 0 Å². The van der Waals surface area contributed by atoms with Crippen molar-refractivity contribution in [3.63, 3.8) is 0 Å². The molecule has 0 aliphatic rings. The van der Waals surface area contributed by atoms with E-state index in [1.807, 2.05) is 20.8 Å². The van der Waals surface area contributed by atoms with Crippen LogP contribution in [0.15, 0.2) is 29.2 Å². The third kappa shape index (κ3) is 5.10. The molecule has 6 heteroatoms. The molecule has 1 amide bonds. The number of rotatable bonds is 8. The van der Waals surface area contributed by atoms with Gasteiger partial charge in [-0.3, -0.25) is 4.79 Å². The molecule has 0 fully saturated rings. The second-order valence-electron chi connectivity index (χ2n) is 5.50. The van der Waals surface area contributed by atoms with Crippen LogP contribution in [0, 0.1) is 6.92 Å². The van der Waals surface area contributed by atoms with Gasteiger partial charge in [-0.05, 0) is 32.4 Å². The summed E-state index contributed by atoms with van der Waals surface area (Å²) in [6.07, 6.45) is 1.85. The lowest BCUT2D eigenvalue weighted by atomic mass is 10.2. The standard InChI is InChI=1S/C16H26N2O3S/c1-5-7-14(4)17-16(19)12-18(6-2)22(20,21)15-10-8-13(3)9-11-15/h8-11,14H,5-7,12H2,1-4H3,(H,17,19)/t14-/m0/s1. The summed E-state index contributed by atoms with van der Waals surface area (Å²) in [5.41, 5.74) is 0.994. The number of carbonyl (C=O) groups is 1. The molecular weight excluding hydrogens is 300 g/mol. The molecule has 1 N–H and O–H groups in total.